The molecule has 0 saturated carbocycles. The van der Waals surface area contributed by atoms with Crippen LogP contribution in [0.1, 0.15) is 38.8 Å². The SMILES string of the molecule is Cc1ccccc1C(C)(C)C(=O)N1C[C@@H](C)N[C@H](C)C1. The Morgan fingerprint density at radius 1 is 1.20 bits per heavy atom. The molecule has 0 aromatic heterocycles. The molecule has 1 aliphatic rings. The Bertz CT molecular complexity index is 486. The lowest BCUT2D eigenvalue weighted by molar-refractivity contribution is -0.138. The molecule has 0 bridgehead atoms. The van der Waals surface area contributed by atoms with Gasteiger partial charge in [-0.25, -0.2) is 0 Å². The lowest BCUT2D eigenvalue weighted by Crippen LogP contribution is -2.58. The highest BCUT2D eigenvalue weighted by Crippen LogP contribution is 2.29. The Morgan fingerprint density at radius 3 is 2.30 bits per heavy atom. The van der Waals surface area contributed by atoms with Crippen molar-refractivity contribution in [2.24, 2.45) is 0 Å². The van der Waals surface area contributed by atoms with Crippen molar-refractivity contribution >= 4 is 5.91 Å². The van der Waals surface area contributed by atoms with Crippen LogP contribution in [-0.4, -0.2) is 36.0 Å². The first-order valence-electron chi connectivity index (χ1n) is 7.44. The fourth-order valence-electron chi connectivity index (χ4n) is 3.28. The number of amides is 1. The summed E-state index contributed by atoms with van der Waals surface area (Å²) < 4.78 is 0. The summed E-state index contributed by atoms with van der Waals surface area (Å²) in [4.78, 5) is 15.0. The number of nitrogens with one attached hydrogen (secondary N) is 1. The highest BCUT2D eigenvalue weighted by molar-refractivity contribution is 5.88. The smallest absolute Gasteiger partial charge is 0.232 e. The number of piperazine rings is 1. The normalized spacial score (nSPS) is 23.8. The zero-order valence-electron chi connectivity index (χ0n) is 13.2. The monoisotopic (exact) mass is 274 g/mol. The maximum Gasteiger partial charge on any atom is 0.232 e. The molecule has 3 heteroatoms. The number of rotatable bonds is 2. The third kappa shape index (κ3) is 2.88. The average molecular weight is 274 g/mol. The highest BCUT2D eigenvalue weighted by atomic mass is 16.2. The van der Waals surface area contributed by atoms with E-state index in [0.29, 0.717) is 12.1 Å². The topological polar surface area (TPSA) is 32.3 Å². The molecule has 1 aromatic carbocycles. The van der Waals surface area contributed by atoms with Gasteiger partial charge in [0.15, 0.2) is 0 Å². The van der Waals surface area contributed by atoms with Crippen LogP contribution in [0.3, 0.4) is 0 Å². The summed E-state index contributed by atoms with van der Waals surface area (Å²) in [5.41, 5.74) is 1.84. The predicted molar refractivity (Wildman–Crippen MR) is 82.8 cm³/mol. The second-order valence-corrected chi connectivity index (χ2v) is 6.62. The quantitative estimate of drug-likeness (QED) is 0.898. The van der Waals surface area contributed by atoms with Gasteiger partial charge in [0, 0.05) is 25.2 Å². The Balaban J connectivity index is 2.25. The number of aryl methyl sites for hydroxylation is 1. The molecular formula is C17H26N2O. The zero-order valence-corrected chi connectivity index (χ0v) is 13.2. The Labute approximate surface area is 122 Å². The summed E-state index contributed by atoms with van der Waals surface area (Å²) in [6.07, 6.45) is 0. The van der Waals surface area contributed by atoms with Gasteiger partial charge in [-0.2, -0.15) is 0 Å². The zero-order chi connectivity index (χ0) is 14.9. The van der Waals surface area contributed by atoms with E-state index in [2.05, 4.69) is 38.2 Å². The van der Waals surface area contributed by atoms with Crippen LogP contribution in [0.2, 0.25) is 0 Å². The minimum atomic E-state index is -0.470. The second kappa shape index (κ2) is 5.57. The summed E-state index contributed by atoms with van der Waals surface area (Å²) in [5.74, 6) is 0.229. The number of nitrogens with zero attached hydrogens (tertiary/aromatic N) is 1. The Morgan fingerprint density at radius 2 is 1.75 bits per heavy atom. The van der Waals surface area contributed by atoms with Crippen LogP contribution in [0.5, 0.6) is 0 Å². The molecule has 3 nitrogen and oxygen atoms in total. The third-order valence-corrected chi connectivity index (χ3v) is 4.20. The van der Waals surface area contributed by atoms with E-state index in [1.54, 1.807) is 0 Å². The summed E-state index contributed by atoms with van der Waals surface area (Å²) in [6.45, 7) is 12.0. The van der Waals surface area contributed by atoms with Crippen LogP contribution >= 0.6 is 0 Å². The van der Waals surface area contributed by atoms with Gasteiger partial charge in [-0.15, -0.1) is 0 Å². The van der Waals surface area contributed by atoms with Crippen LogP contribution < -0.4 is 5.32 Å². The molecule has 2 atom stereocenters. The molecule has 1 fully saturated rings. The van der Waals surface area contributed by atoms with Gasteiger partial charge in [0.2, 0.25) is 5.91 Å². The maximum absolute atomic E-state index is 13.0. The molecule has 1 aliphatic heterocycles. The van der Waals surface area contributed by atoms with Crippen LogP contribution in [0, 0.1) is 6.92 Å². The first-order valence-corrected chi connectivity index (χ1v) is 7.44. The number of carbonyl (C=O) groups excluding carboxylic acids is 1. The fourth-order valence-corrected chi connectivity index (χ4v) is 3.28. The number of carbonyl (C=O) groups is 1. The lowest BCUT2D eigenvalue weighted by Gasteiger charge is -2.40. The molecule has 110 valence electrons. The molecule has 0 spiro atoms. The molecule has 1 N–H and O–H groups in total. The van der Waals surface area contributed by atoms with E-state index in [-0.39, 0.29) is 5.91 Å². The molecule has 1 heterocycles. The summed E-state index contributed by atoms with van der Waals surface area (Å²) >= 11 is 0. The largest absolute Gasteiger partial charge is 0.339 e. The Hall–Kier alpha value is -1.35. The van der Waals surface area contributed by atoms with Crippen molar-refractivity contribution in [1.29, 1.82) is 0 Å². The van der Waals surface area contributed by atoms with Gasteiger partial charge in [-0.05, 0) is 45.7 Å². The summed E-state index contributed by atoms with van der Waals surface area (Å²) in [5, 5.41) is 3.47. The van der Waals surface area contributed by atoms with E-state index in [4.69, 9.17) is 0 Å². The number of hydrogen-bond donors (Lipinski definition) is 1. The van der Waals surface area contributed by atoms with Crippen molar-refractivity contribution in [3.8, 4) is 0 Å². The van der Waals surface area contributed by atoms with Gasteiger partial charge < -0.3 is 10.2 Å². The summed E-state index contributed by atoms with van der Waals surface area (Å²) in [7, 11) is 0. The van der Waals surface area contributed by atoms with E-state index < -0.39 is 5.41 Å². The molecule has 1 saturated heterocycles. The maximum atomic E-state index is 13.0. The van der Waals surface area contributed by atoms with E-state index in [1.807, 2.05) is 30.9 Å². The molecule has 0 aliphatic carbocycles. The number of benzene rings is 1. The van der Waals surface area contributed by atoms with E-state index >= 15 is 0 Å². The highest BCUT2D eigenvalue weighted by Gasteiger charge is 2.37. The standard InChI is InChI=1S/C17H26N2O/c1-12-8-6-7-9-15(12)17(4,5)16(20)19-10-13(2)18-14(3)11-19/h6-9,13-14,18H,10-11H2,1-5H3/t13-,14-/m1/s1. The van der Waals surface area contributed by atoms with Gasteiger partial charge in [0.05, 0.1) is 5.41 Å². The Kier molecular flexibility index (Phi) is 4.19. The van der Waals surface area contributed by atoms with E-state index in [9.17, 15) is 4.79 Å². The number of hydrogen-bond acceptors (Lipinski definition) is 2. The van der Waals surface area contributed by atoms with Gasteiger partial charge in [0.25, 0.3) is 0 Å². The third-order valence-electron chi connectivity index (χ3n) is 4.20. The minimum Gasteiger partial charge on any atom is -0.339 e. The minimum absolute atomic E-state index is 0.229. The predicted octanol–water partition coefficient (Wildman–Crippen LogP) is 2.48. The van der Waals surface area contributed by atoms with Crippen molar-refractivity contribution in [3.05, 3.63) is 35.4 Å². The van der Waals surface area contributed by atoms with Crippen molar-refractivity contribution in [2.75, 3.05) is 13.1 Å². The lowest BCUT2D eigenvalue weighted by atomic mass is 9.80. The van der Waals surface area contributed by atoms with Crippen LogP contribution in [0.4, 0.5) is 0 Å². The van der Waals surface area contributed by atoms with E-state index in [1.165, 1.54) is 5.56 Å². The second-order valence-electron chi connectivity index (χ2n) is 6.62. The van der Waals surface area contributed by atoms with Crippen LogP contribution in [0.15, 0.2) is 24.3 Å². The van der Waals surface area contributed by atoms with Crippen molar-refractivity contribution < 1.29 is 4.79 Å². The van der Waals surface area contributed by atoms with Gasteiger partial charge in [-0.1, -0.05) is 24.3 Å². The fraction of sp³-hybridized carbons (Fsp3) is 0.588. The van der Waals surface area contributed by atoms with Crippen molar-refractivity contribution in [3.63, 3.8) is 0 Å². The summed E-state index contributed by atoms with van der Waals surface area (Å²) in [6, 6.07) is 8.90. The van der Waals surface area contributed by atoms with Crippen molar-refractivity contribution in [1.82, 2.24) is 10.2 Å². The molecule has 0 radical (unpaired) electrons. The van der Waals surface area contributed by atoms with Crippen LogP contribution in [0.25, 0.3) is 0 Å². The molecule has 2 rings (SSSR count). The van der Waals surface area contributed by atoms with Gasteiger partial charge >= 0.3 is 0 Å². The molecule has 20 heavy (non-hydrogen) atoms. The molecule has 0 unspecified atom stereocenters. The van der Waals surface area contributed by atoms with Crippen molar-refractivity contribution in [2.45, 2.75) is 52.1 Å². The molecular weight excluding hydrogens is 248 g/mol. The first kappa shape index (κ1) is 15.0. The first-order chi connectivity index (χ1) is 9.32. The molecule has 1 aromatic rings. The average Bonchev–Trinajstić information content (AvgIpc) is 2.37. The van der Waals surface area contributed by atoms with Crippen LogP contribution in [-0.2, 0) is 10.2 Å². The van der Waals surface area contributed by atoms with Gasteiger partial charge in [-0.3, -0.25) is 4.79 Å². The van der Waals surface area contributed by atoms with E-state index in [0.717, 1.165) is 18.7 Å². The molecule has 1 amide bonds. The van der Waals surface area contributed by atoms with Gasteiger partial charge in [0.1, 0.15) is 0 Å².